The smallest absolute Gasteiger partial charge is 0.264 e. The first-order valence-electron chi connectivity index (χ1n) is 10.5. The van der Waals surface area contributed by atoms with E-state index in [-0.39, 0.29) is 11.6 Å². The Hall–Kier alpha value is -2.57. The molecule has 0 saturated heterocycles. The van der Waals surface area contributed by atoms with Crippen LogP contribution in [0.5, 0.6) is 11.5 Å². The molecule has 0 aliphatic heterocycles. The van der Waals surface area contributed by atoms with E-state index in [1.54, 1.807) is 0 Å². The van der Waals surface area contributed by atoms with Crippen LogP contribution in [0.3, 0.4) is 0 Å². The lowest BCUT2D eigenvalue weighted by molar-refractivity contribution is 0.388. The molecule has 0 amide bonds. The first kappa shape index (κ1) is 22.1. The molecule has 0 spiro atoms. The zero-order valence-electron chi connectivity index (χ0n) is 18.1. The van der Waals surface area contributed by atoms with Gasteiger partial charge in [0.15, 0.2) is 0 Å². The number of hydrogen-bond acceptors (Lipinski definition) is 5. The summed E-state index contributed by atoms with van der Waals surface area (Å²) in [5.74, 6) is 2.18. The zero-order chi connectivity index (χ0) is 21.5. The van der Waals surface area contributed by atoms with E-state index in [1.807, 2.05) is 54.6 Å². The fourth-order valence-corrected chi connectivity index (χ4v) is 4.42. The van der Waals surface area contributed by atoms with Crippen LogP contribution in [0, 0.1) is 5.92 Å². The van der Waals surface area contributed by atoms with Crippen molar-refractivity contribution in [2.75, 3.05) is 5.32 Å². The monoisotopic (exact) mass is 425 g/mol. The maximum absolute atomic E-state index is 12.5. The number of aromatic amines is 1. The first-order chi connectivity index (χ1) is 14.5. The highest BCUT2D eigenvalue weighted by Gasteiger charge is 2.22. The number of nitrogens with one attached hydrogen (secondary N) is 3. The molecule has 6 heteroatoms. The topological polar surface area (TPSA) is 66.2 Å². The van der Waals surface area contributed by atoms with Gasteiger partial charge in [-0.15, -0.1) is 0 Å². The van der Waals surface area contributed by atoms with Gasteiger partial charge in [0.2, 0.25) is 0 Å². The third-order valence-electron chi connectivity index (χ3n) is 4.89. The van der Waals surface area contributed by atoms with Crippen molar-refractivity contribution in [3.8, 4) is 11.5 Å². The fourth-order valence-electron chi connectivity index (χ4n) is 3.61. The highest BCUT2D eigenvalue weighted by molar-refractivity contribution is 7.10. The van der Waals surface area contributed by atoms with Gasteiger partial charge >= 0.3 is 0 Å². The van der Waals surface area contributed by atoms with E-state index in [4.69, 9.17) is 4.74 Å². The lowest BCUT2D eigenvalue weighted by atomic mass is 10.0. The van der Waals surface area contributed by atoms with Gasteiger partial charge in [-0.25, -0.2) is 0 Å². The van der Waals surface area contributed by atoms with Gasteiger partial charge < -0.3 is 15.4 Å². The molecule has 0 bridgehead atoms. The number of aromatic nitrogens is 1. The van der Waals surface area contributed by atoms with Gasteiger partial charge in [-0.05, 0) is 73.6 Å². The molecule has 30 heavy (non-hydrogen) atoms. The van der Waals surface area contributed by atoms with Gasteiger partial charge in [0.1, 0.15) is 16.5 Å². The van der Waals surface area contributed by atoms with E-state index in [9.17, 15) is 4.79 Å². The van der Waals surface area contributed by atoms with Crippen molar-refractivity contribution in [1.82, 2.24) is 9.69 Å². The van der Waals surface area contributed by atoms with Gasteiger partial charge in [0.25, 0.3) is 5.56 Å². The van der Waals surface area contributed by atoms with Crippen molar-refractivity contribution < 1.29 is 4.74 Å². The zero-order valence-corrected chi connectivity index (χ0v) is 18.9. The van der Waals surface area contributed by atoms with Gasteiger partial charge in [0, 0.05) is 17.8 Å². The van der Waals surface area contributed by atoms with Gasteiger partial charge in [0.05, 0.1) is 5.56 Å². The summed E-state index contributed by atoms with van der Waals surface area (Å²) in [6.07, 6.45) is 1.92. The molecule has 2 unspecified atom stereocenters. The Morgan fingerprint density at radius 3 is 2.30 bits per heavy atom. The van der Waals surface area contributed by atoms with Crippen molar-refractivity contribution >= 4 is 22.2 Å². The van der Waals surface area contributed by atoms with Crippen LogP contribution in [0.15, 0.2) is 59.4 Å². The molecule has 0 radical (unpaired) electrons. The first-order valence-corrected chi connectivity index (χ1v) is 11.3. The predicted molar refractivity (Wildman–Crippen MR) is 126 cm³/mol. The average Bonchev–Trinajstić information content (AvgIpc) is 3.08. The third kappa shape index (κ3) is 5.97. The minimum Gasteiger partial charge on any atom is -0.457 e. The standard InChI is InChI=1S/C24H31N3O2S/c1-5-21(25-17(4)15-16(2)3)22-23(28)27-30-24(22)26-18-11-13-20(14-12-18)29-19-9-7-6-8-10-19/h6-14,16-17,21,25-26H,5,15H2,1-4H3,(H,27,28). The van der Waals surface area contributed by atoms with E-state index in [0.29, 0.717) is 12.0 Å². The molecule has 0 saturated carbocycles. The number of benzene rings is 2. The van der Waals surface area contributed by atoms with Crippen LogP contribution in [0.25, 0.3) is 0 Å². The molecule has 2 aromatic carbocycles. The minimum absolute atomic E-state index is 0.0111. The van der Waals surface area contributed by atoms with Crippen molar-refractivity contribution in [2.24, 2.45) is 5.92 Å². The molecule has 0 fully saturated rings. The SMILES string of the molecule is CCC(NC(C)CC(C)C)c1c(Nc2ccc(Oc3ccccc3)cc2)s[nH]c1=O. The second-order valence-corrected chi connectivity index (χ2v) is 8.82. The second kappa shape index (κ2) is 10.5. The van der Waals surface area contributed by atoms with Crippen molar-refractivity contribution in [2.45, 2.75) is 52.6 Å². The highest BCUT2D eigenvalue weighted by atomic mass is 32.1. The fraction of sp³-hybridized carbons (Fsp3) is 0.375. The van der Waals surface area contributed by atoms with Crippen LogP contribution >= 0.6 is 11.5 Å². The van der Waals surface area contributed by atoms with Crippen molar-refractivity contribution in [1.29, 1.82) is 0 Å². The maximum atomic E-state index is 12.5. The number of para-hydroxylation sites is 1. The summed E-state index contributed by atoms with van der Waals surface area (Å²) in [7, 11) is 0. The third-order valence-corrected chi connectivity index (χ3v) is 5.71. The highest BCUT2D eigenvalue weighted by Crippen LogP contribution is 2.30. The quantitative estimate of drug-likeness (QED) is 0.349. The Morgan fingerprint density at radius 1 is 1.00 bits per heavy atom. The molecule has 0 aliphatic rings. The van der Waals surface area contributed by atoms with Crippen LogP contribution in [-0.4, -0.2) is 10.4 Å². The molecule has 1 heterocycles. The Balaban J connectivity index is 1.72. The van der Waals surface area contributed by atoms with E-state index in [1.165, 1.54) is 11.5 Å². The lowest BCUT2D eigenvalue weighted by Gasteiger charge is -2.23. The maximum Gasteiger partial charge on any atom is 0.264 e. The average molecular weight is 426 g/mol. The molecule has 160 valence electrons. The van der Waals surface area contributed by atoms with E-state index >= 15 is 0 Å². The van der Waals surface area contributed by atoms with Crippen LogP contribution in [0.2, 0.25) is 0 Å². The molecule has 3 N–H and O–H groups in total. The molecule has 0 aliphatic carbocycles. The second-order valence-electron chi connectivity index (χ2n) is 8.00. The molecule has 3 rings (SSSR count). The summed E-state index contributed by atoms with van der Waals surface area (Å²) >= 11 is 1.34. The Labute approximate surface area is 182 Å². The molecule has 1 aromatic heterocycles. The summed E-state index contributed by atoms with van der Waals surface area (Å²) in [5, 5.41) is 7.89. The Kier molecular flexibility index (Phi) is 7.71. The number of rotatable bonds is 10. The van der Waals surface area contributed by atoms with E-state index < -0.39 is 0 Å². The largest absolute Gasteiger partial charge is 0.457 e. The number of ether oxygens (including phenoxy) is 1. The summed E-state index contributed by atoms with van der Waals surface area (Å²) in [6, 6.07) is 17.8. The molecule has 2 atom stereocenters. The van der Waals surface area contributed by atoms with Crippen molar-refractivity contribution in [3.63, 3.8) is 0 Å². The minimum atomic E-state index is -0.0253. The molecular weight excluding hydrogens is 394 g/mol. The van der Waals surface area contributed by atoms with Crippen LogP contribution < -0.4 is 20.9 Å². The van der Waals surface area contributed by atoms with Crippen LogP contribution in [0.4, 0.5) is 10.7 Å². The number of H-pyrrole nitrogens is 1. The van der Waals surface area contributed by atoms with Crippen molar-refractivity contribution in [3.05, 3.63) is 70.5 Å². The predicted octanol–water partition coefficient (Wildman–Crippen LogP) is 6.45. The van der Waals surface area contributed by atoms with Gasteiger partial charge in [-0.1, -0.05) is 39.0 Å². The summed E-state index contributed by atoms with van der Waals surface area (Å²) in [4.78, 5) is 12.5. The summed E-state index contributed by atoms with van der Waals surface area (Å²) in [5.41, 5.74) is 1.67. The van der Waals surface area contributed by atoms with Gasteiger partial charge in [-0.3, -0.25) is 9.17 Å². The Bertz CT molecular complexity index is 964. The van der Waals surface area contributed by atoms with Gasteiger partial charge in [-0.2, -0.15) is 0 Å². The van der Waals surface area contributed by atoms with Crippen LogP contribution in [0.1, 0.15) is 52.1 Å². The lowest BCUT2D eigenvalue weighted by Crippen LogP contribution is -2.33. The molecule has 3 aromatic rings. The molecule has 5 nitrogen and oxygen atoms in total. The molecular formula is C24H31N3O2S. The summed E-state index contributed by atoms with van der Waals surface area (Å²) in [6.45, 7) is 8.72. The summed E-state index contributed by atoms with van der Waals surface area (Å²) < 4.78 is 8.74. The normalized spacial score (nSPS) is 13.2. The number of hydrogen-bond donors (Lipinski definition) is 3. The van der Waals surface area contributed by atoms with E-state index in [2.05, 4.69) is 42.7 Å². The van der Waals surface area contributed by atoms with Crippen LogP contribution in [-0.2, 0) is 0 Å². The Morgan fingerprint density at radius 2 is 1.67 bits per heavy atom. The van der Waals surface area contributed by atoms with E-state index in [0.717, 1.165) is 40.6 Å². The number of anilines is 2.